The van der Waals surface area contributed by atoms with E-state index in [-0.39, 0.29) is 0 Å². The number of amides is 1. The number of carbonyl (C=O) groups excluding carboxylic acids is 1. The van der Waals surface area contributed by atoms with Gasteiger partial charge in [-0.2, -0.15) is 0 Å². The van der Waals surface area contributed by atoms with Crippen LogP contribution in [0.25, 0.3) is 0 Å². The Hall–Kier alpha value is -2.40. The van der Waals surface area contributed by atoms with Crippen LogP contribution in [0.5, 0.6) is 5.75 Å². The number of benzene rings is 2. The first kappa shape index (κ1) is 16.5. The van der Waals surface area contributed by atoms with Crippen LogP contribution in [0.15, 0.2) is 48.5 Å². The van der Waals surface area contributed by atoms with Crippen LogP contribution in [-0.4, -0.2) is 19.1 Å². The van der Waals surface area contributed by atoms with Gasteiger partial charge in [0.25, 0.3) is 0 Å². The van der Waals surface area contributed by atoms with E-state index in [1.54, 1.807) is 6.07 Å². The largest absolute Gasteiger partial charge is 0.489 e. The summed E-state index contributed by atoms with van der Waals surface area (Å²) in [6.45, 7) is 1.19. The summed E-state index contributed by atoms with van der Waals surface area (Å²) in [6.07, 6.45) is 0.897. The molecule has 0 radical (unpaired) electrons. The van der Waals surface area contributed by atoms with E-state index in [1.165, 1.54) is 12.1 Å². The summed E-state index contributed by atoms with van der Waals surface area (Å²) in [4.78, 5) is 12.1. The van der Waals surface area contributed by atoms with Crippen molar-refractivity contribution in [2.45, 2.75) is 24.9 Å². The molecule has 1 fully saturated rings. The zero-order chi connectivity index (χ0) is 17.0. The molecule has 0 aliphatic carbocycles. The van der Waals surface area contributed by atoms with E-state index >= 15 is 0 Å². The summed E-state index contributed by atoms with van der Waals surface area (Å²) in [5.74, 6) is -0.506. The second-order valence-electron chi connectivity index (χ2n) is 6.01. The van der Waals surface area contributed by atoms with Crippen LogP contribution in [0.3, 0.4) is 0 Å². The Balaban J connectivity index is 1.86. The Morgan fingerprint density at radius 1 is 1.17 bits per heavy atom. The fourth-order valence-corrected chi connectivity index (χ4v) is 3.06. The van der Waals surface area contributed by atoms with E-state index in [2.05, 4.69) is 0 Å². The van der Waals surface area contributed by atoms with Crippen molar-refractivity contribution >= 4 is 5.91 Å². The maximum Gasteiger partial charge on any atom is 0.228 e. The summed E-state index contributed by atoms with van der Waals surface area (Å²) in [6, 6.07) is 14.0. The Morgan fingerprint density at radius 2 is 1.88 bits per heavy atom. The average Bonchev–Trinajstić information content (AvgIpc) is 2.61. The number of nitrogens with two attached hydrogens (primary N) is 1. The second kappa shape index (κ2) is 7.01. The molecule has 0 spiro atoms. The molecule has 0 aromatic heterocycles. The molecule has 5 heteroatoms. The van der Waals surface area contributed by atoms with Gasteiger partial charge in [0, 0.05) is 19.3 Å². The number of ether oxygens (including phenoxy) is 2. The minimum atomic E-state index is -0.898. The van der Waals surface area contributed by atoms with Crippen LogP contribution in [0.2, 0.25) is 0 Å². The van der Waals surface area contributed by atoms with E-state index in [0.717, 1.165) is 5.56 Å². The van der Waals surface area contributed by atoms with Crippen molar-refractivity contribution in [2.24, 2.45) is 5.73 Å². The molecule has 0 atom stereocenters. The molecule has 1 aliphatic rings. The minimum Gasteiger partial charge on any atom is -0.489 e. The number of halogens is 1. The summed E-state index contributed by atoms with van der Waals surface area (Å²) in [5, 5.41) is 0. The van der Waals surface area contributed by atoms with Crippen molar-refractivity contribution in [3.05, 3.63) is 65.5 Å². The highest BCUT2D eigenvalue weighted by Crippen LogP contribution is 2.36. The van der Waals surface area contributed by atoms with Crippen LogP contribution >= 0.6 is 0 Å². The van der Waals surface area contributed by atoms with Gasteiger partial charge >= 0.3 is 0 Å². The SMILES string of the molecule is NC(=O)C1(c2cc(F)cc(OCc3ccccc3)c2)CCOCC1. The Bertz CT molecular complexity index is 712. The van der Waals surface area contributed by atoms with Gasteiger partial charge in [0.2, 0.25) is 5.91 Å². The first-order valence-corrected chi connectivity index (χ1v) is 7.96. The van der Waals surface area contributed by atoms with Gasteiger partial charge < -0.3 is 15.2 Å². The van der Waals surface area contributed by atoms with E-state index in [9.17, 15) is 9.18 Å². The number of hydrogen-bond donors (Lipinski definition) is 1. The highest BCUT2D eigenvalue weighted by Gasteiger charge is 2.40. The van der Waals surface area contributed by atoms with Crippen LogP contribution in [0.4, 0.5) is 4.39 Å². The van der Waals surface area contributed by atoms with Crippen LogP contribution in [0, 0.1) is 5.82 Å². The molecule has 126 valence electrons. The van der Waals surface area contributed by atoms with E-state index in [0.29, 0.717) is 44.0 Å². The van der Waals surface area contributed by atoms with Crippen molar-refractivity contribution in [2.75, 3.05) is 13.2 Å². The van der Waals surface area contributed by atoms with Gasteiger partial charge in [-0.3, -0.25) is 4.79 Å². The van der Waals surface area contributed by atoms with Gasteiger partial charge in [-0.1, -0.05) is 30.3 Å². The third kappa shape index (κ3) is 3.41. The molecule has 2 aromatic rings. The zero-order valence-corrected chi connectivity index (χ0v) is 13.3. The van der Waals surface area contributed by atoms with Gasteiger partial charge in [-0.25, -0.2) is 4.39 Å². The molecule has 1 saturated heterocycles. The minimum absolute atomic E-state index is 0.330. The van der Waals surface area contributed by atoms with Gasteiger partial charge in [0.05, 0.1) is 5.41 Å². The molecule has 2 aromatic carbocycles. The fourth-order valence-electron chi connectivity index (χ4n) is 3.06. The van der Waals surface area contributed by atoms with Crippen molar-refractivity contribution in [3.63, 3.8) is 0 Å². The molecule has 24 heavy (non-hydrogen) atoms. The Labute approximate surface area is 140 Å². The van der Waals surface area contributed by atoms with Crippen molar-refractivity contribution in [3.8, 4) is 5.75 Å². The lowest BCUT2D eigenvalue weighted by atomic mass is 9.73. The monoisotopic (exact) mass is 329 g/mol. The highest BCUT2D eigenvalue weighted by molar-refractivity contribution is 5.87. The van der Waals surface area contributed by atoms with Gasteiger partial charge in [0.1, 0.15) is 18.2 Å². The molecule has 1 heterocycles. The van der Waals surface area contributed by atoms with E-state index in [4.69, 9.17) is 15.2 Å². The molecule has 1 amide bonds. The molecule has 1 aliphatic heterocycles. The number of primary amides is 1. The third-order valence-electron chi connectivity index (χ3n) is 4.49. The van der Waals surface area contributed by atoms with Crippen molar-refractivity contribution in [1.29, 1.82) is 0 Å². The first-order chi connectivity index (χ1) is 11.6. The Morgan fingerprint density at radius 3 is 2.54 bits per heavy atom. The predicted molar refractivity (Wildman–Crippen MR) is 88.1 cm³/mol. The van der Waals surface area contributed by atoms with E-state index in [1.807, 2.05) is 30.3 Å². The van der Waals surface area contributed by atoms with Crippen LogP contribution < -0.4 is 10.5 Å². The van der Waals surface area contributed by atoms with Crippen LogP contribution in [0.1, 0.15) is 24.0 Å². The molecular weight excluding hydrogens is 309 g/mol. The average molecular weight is 329 g/mol. The smallest absolute Gasteiger partial charge is 0.228 e. The summed E-state index contributed by atoms with van der Waals surface area (Å²) in [7, 11) is 0. The van der Waals surface area contributed by atoms with Gasteiger partial charge in [-0.05, 0) is 36.1 Å². The number of rotatable bonds is 5. The summed E-state index contributed by atoms with van der Waals surface area (Å²) < 4.78 is 25.1. The molecule has 2 N–H and O–H groups in total. The molecule has 4 nitrogen and oxygen atoms in total. The lowest BCUT2D eigenvalue weighted by molar-refractivity contribution is -0.127. The van der Waals surface area contributed by atoms with E-state index < -0.39 is 17.1 Å². The fraction of sp³-hybridized carbons (Fsp3) is 0.316. The lowest BCUT2D eigenvalue weighted by Crippen LogP contribution is -2.45. The molecule has 0 unspecified atom stereocenters. The van der Waals surface area contributed by atoms with Crippen molar-refractivity contribution < 1.29 is 18.7 Å². The highest BCUT2D eigenvalue weighted by atomic mass is 19.1. The Kier molecular flexibility index (Phi) is 4.81. The first-order valence-electron chi connectivity index (χ1n) is 7.96. The normalized spacial score (nSPS) is 16.5. The summed E-state index contributed by atoms with van der Waals surface area (Å²) >= 11 is 0. The second-order valence-corrected chi connectivity index (χ2v) is 6.01. The maximum atomic E-state index is 14.1. The molecule has 0 bridgehead atoms. The zero-order valence-electron chi connectivity index (χ0n) is 13.3. The predicted octanol–water partition coefficient (Wildman–Crippen LogP) is 2.94. The third-order valence-corrected chi connectivity index (χ3v) is 4.49. The van der Waals surface area contributed by atoms with Gasteiger partial charge in [0.15, 0.2) is 0 Å². The maximum absolute atomic E-state index is 14.1. The topological polar surface area (TPSA) is 61.6 Å². The van der Waals surface area contributed by atoms with Gasteiger partial charge in [-0.15, -0.1) is 0 Å². The summed E-state index contributed by atoms with van der Waals surface area (Å²) in [5.41, 5.74) is 6.29. The quantitative estimate of drug-likeness (QED) is 0.917. The standard InChI is InChI=1S/C19H20FNO3/c20-16-10-15(19(18(21)22)6-8-23-9-7-19)11-17(12-16)24-13-14-4-2-1-3-5-14/h1-5,10-12H,6-9,13H2,(H2,21,22). The molecule has 0 saturated carbocycles. The van der Waals surface area contributed by atoms with Crippen LogP contribution in [-0.2, 0) is 21.6 Å². The number of carbonyl (C=O) groups is 1. The lowest BCUT2D eigenvalue weighted by Gasteiger charge is -2.34. The number of hydrogen-bond acceptors (Lipinski definition) is 3. The molecular formula is C19H20FNO3. The molecule has 3 rings (SSSR count). The van der Waals surface area contributed by atoms with Crippen molar-refractivity contribution in [1.82, 2.24) is 0 Å².